The van der Waals surface area contributed by atoms with Gasteiger partial charge < -0.3 is 0 Å². The number of rotatable bonds is 4. The molecule has 0 bridgehead atoms. The molecule has 20 heavy (non-hydrogen) atoms. The zero-order valence-corrected chi connectivity index (χ0v) is 12.0. The standard InChI is InChI=1S/C16H18ClN3/c17-13-6-3-11(4-7-13)10-15(20-18)14-8-5-12-2-1-9-19-16(12)14/h1-4,6-7,9,14-15,20H,5,8,10,18H2. The molecule has 2 unspecified atom stereocenters. The van der Waals surface area contributed by atoms with Gasteiger partial charge in [0, 0.05) is 28.9 Å². The zero-order valence-electron chi connectivity index (χ0n) is 11.2. The minimum absolute atomic E-state index is 0.201. The molecule has 0 saturated heterocycles. The van der Waals surface area contributed by atoms with E-state index in [1.165, 1.54) is 16.8 Å². The van der Waals surface area contributed by atoms with Gasteiger partial charge in [-0.1, -0.05) is 29.8 Å². The maximum atomic E-state index is 5.93. The van der Waals surface area contributed by atoms with E-state index in [0.29, 0.717) is 5.92 Å². The van der Waals surface area contributed by atoms with E-state index in [2.05, 4.69) is 28.6 Å². The SMILES string of the molecule is NNC(Cc1ccc(Cl)cc1)C1CCc2cccnc21. The molecule has 0 radical (unpaired) electrons. The van der Waals surface area contributed by atoms with Crippen LogP contribution in [-0.2, 0) is 12.8 Å². The molecule has 0 saturated carbocycles. The molecule has 1 heterocycles. The Kier molecular flexibility index (Phi) is 4.01. The van der Waals surface area contributed by atoms with Gasteiger partial charge in [-0.25, -0.2) is 0 Å². The lowest BCUT2D eigenvalue weighted by Crippen LogP contribution is -2.41. The molecule has 4 heteroatoms. The Labute approximate surface area is 124 Å². The highest BCUT2D eigenvalue weighted by atomic mass is 35.5. The van der Waals surface area contributed by atoms with Crippen LogP contribution in [0.15, 0.2) is 42.6 Å². The molecule has 2 atom stereocenters. The monoisotopic (exact) mass is 287 g/mol. The molecule has 0 aliphatic heterocycles. The molecule has 1 aromatic heterocycles. The molecule has 3 rings (SSSR count). The molecule has 0 fully saturated rings. The van der Waals surface area contributed by atoms with Gasteiger partial charge in [0.2, 0.25) is 0 Å². The highest BCUT2D eigenvalue weighted by Gasteiger charge is 2.30. The number of benzene rings is 1. The molecule has 1 aliphatic rings. The second-order valence-electron chi connectivity index (χ2n) is 5.30. The lowest BCUT2D eigenvalue weighted by atomic mass is 9.92. The molecule has 3 N–H and O–H groups in total. The highest BCUT2D eigenvalue weighted by molar-refractivity contribution is 6.30. The number of hydrazine groups is 1. The van der Waals surface area contributed by atoms with E-state index < -0.39 is 0 Å². The summed E-state index contributed by atoms with van der Waals surface area (Å²) < 4.78 is 0. The Balaban J connectivity index is 1.79. The molecule has 3 nitrogen and oxygen atoms in total. The summed E-state index contributed by atoms with van der Waals surface area (Å²) in [4.78, 5) is 4.55. The Morgan fingerprint density at radius 2 is 2.10 bits per heavy atom. The molecule has 2 aromatic rings. The normalized spacial score (nSPS) is 18.8. The summed E-state index contributed by atoms with van der Waals surface area (Å²) in [7, 11) is 0. The van der Waals surface area contributed by atoms with Gasteiger partial charge in [-0.05, 0) is 48.6 Å². The van der Waals surface area contributed by atoms with Crippen LogP contribution in [0.4, 0.5) is 0 Å². The van der Waals surface area contributed by atoms with Crippen molar-refractivity contribution in [1.82, 2.24) is 10.4 Å². The first-order valence-corrected chi connectivity index (χ1v) is 7.30. The predicted octanol–water partition coefficient (Wildman–Crippen LogP) is 2.84. The van der Waals surface area contributed by atoms with Crippen LogP contribution < -0.4 is 11.3 Å². The number of nitrogens with zero attached hydrogens (tertiary/aromatic N) is 1. The predicted molar refractivity (Wildman–Crippen MR) is 81.6 cm³/mol. The Morgan fingerprint density at radius 3 is 2.85 bits per heavy atom. The molecule has 1 aliphatic carbocycles. The average molecular weight is 288 g/mol. The van der Waals surface area contributed by atoms with Gasteiger partial charge in [0.05, 0.1) is 0 Å². The minimum Gasteiger partial charge on any atom is -0.271 e. The fourth-order valence-electron chi connectivity index (χ4n) is 3.03. The largest absolute Gasteiger partial charge is 0.271 e. The first-order valence-electron chi connectivity index (χ1n) is 6.92. The number of aromatic nitrogens is 1. The van der Waals surface area contributed by atoms with E-state index in [0.717, 1.165) is 24.3 Å². The lowest BCUT2D eigenvalue weighted by molar-refractivity contribution is 0.429. The fraction of sp³-hybridized carbons (Fsp3) is 0.312. The topological polar surface area (TPSA) is 50.9 Å². The van der Waals surface area contributed by atoms with E-state index in [9.17, 15) is 0 Å². The Hall–Kier alpha value is -1.42. The molecular weight excluding hydrogens is 270 g/mol. The van der Waals surface area contributed by atoms with Crippen LogP contribution in [-0.4, -0.2) is 11.0 Å². The average Bonchev–Trinajstić information content (AvgIpc) is 2.91. The third kappa shape index (κ3) is 2.70. The number of fused-ring (bicyclic) bond motifs is 1. The van der Waals surface area contributed by atoms with Crippen molar-refractivity contribution in [3.8, 4) is 0 Å². The van der Waals surface area contributed by atoms with Gasteiger partial charge in [-0.3, -0.25) is 16.3 Å². The van der Waals surface area contributed by atoms with Crippen molar-refractivity contribution in [3.63, 3.8) is 0 Å². The van der Waals surface area contributed by atoms with Crippen molar-refractivity contribution >= 4 is 11.6 Å². The number of halogens is 1. The summed E-state index contributed by atoms with van der Waals surface area (Å²) in [5.74, 6) is 6.16. The van der Waals surface area contributed by atoms with E-state index >= 15 is 0 Å². The molecular formula is C16H18ClN3. The Morgan fingerprint density at radius 1 is 1.30 bits per heavy atom. The summed E-state index contributed by atoms with van der Waals surface area (Å²) in [5, 5.41) is 0.763. The number of hydrogen-bond donors (Lipinski definition) is 2. The van der Waals surface area contributed by atoms with Gasteiger partial charge >= 0.3 is 0 Å². The molecule has 1 aromatic carbocycles. The second kappa shape index (κ2) is 5.92. The number of hydrogen-bond acceptors (Lipinski definition) is 3. The lowest BCUT2D eigenvalue weighted by Gasteiger charge is -2.23. The van der Waals surface area contributed by atoms with E-state index in [1.807, 2.05) is 24.4 Å². The zero-order chi connectivity index (χ0) is 13.9. The van der Waals surface area contributed by atoms with E-state index in [1.54, 1.807) is 0 Å². The maximum Gasteiger partial charge on any atom is 0.0482 e. The quantitative estimate of drug-likeness (QED) is 0.671. The van der Waals surface area contributed by atoms with Gasteiger partial charge in [0.15, 0.2) is 0 Å². The van der Waals surface area contributed by atoms with Crippen molar-refractivity contribution < 1.29 is 0 Å². The number of aryl methyl sites for hydroxylation is 1. The van der Waals surface area contributed by atoms with Crippen LogP contribution in [0, 0.1) is 0 Å². The molecule has 104 valence electrons. The van der Waals surface area contributed by atoms with Crippen molar-refractivity contribution in [1.29, 1.82) is 0 Å². The van der Waals surface area contributed by atoms with Crippen LogP contribution in [0.1, 0.15) is 29.2 Å². The summed E-state index contributed by atoms with van der Waals surface area (Å²) in [6, 6.07) is 12.3. The summed E-state index contributed by atoms with van der Waals surface area (Å²) in [5.41, 5.74) is 6.77. The summed E-state index contributed by atoms with van der Waals surface area (Å²) >= 11 is 5.93. The van der Waals surface area contributed by atoms with Gasteiger partial charge in [-0.15, -0.1) is 0 Å². The van der Waals surface area contributed by atoms with E-state index in [4.69, 9.17) is 17.4 Å². The first kappa shape index (κ1) is 13.6. The van der Waals surface area contributed by atoms with Crippen LogP contribution >= 0.6 is 11.6 Å². The number of nitrogens with one attached hydrogen (secondary N) is 1. The highest BCUT2D eigenvalue weighted by Crippen LogP contribution is 2.34. The third-order valence-corrected chi connectivity index (χ3v) is 4.32. The molecule has 0 spiro atoms. The minimum atomic E-state index is 0.201. The summed E-state index contributed by atoms with van der Waals surface area (Å²) in [6.07, 6.45) is 4.95. The van der Waals surface area contributed by atoms with Crippen molar-refractivity contribution in [2.75, 3.05) is 0 Å². The smallest absolute Gasteiger partial charge is 0.0482 e. The summed E-state index contributed by atoms with van der Waals surface area (Å²) in [6.45, 7) is 0. The van der Waals surface area contributed by atoms with Crippen LogP contribution in [0.3, 0.4) is 0 Å². The van der Waals surface area contributed by atoms with Crippen molar-refractivity contribution in [3.05, 3.63) is 64.4 Å². The van der Waals surface area contributed by atoms with Crippen LogP contribution in [0.5, 0.6) is 0 Å². The van der Waals surface area contributed by atoms with Gasteiger partial charge in [-0.2, -0.15) is 0 Å². The number of pyridine rings is 1. The van der Waals surface area contributed by atoms with Crippen molar-refractivity contribution in [2.45, 2.75) is 31.2 Å². The van der Waals surface area contributed by atoms with E-state index in [-0.39, 0.29) is 6.04 Å². The van der Waals surface area contributed by atoms with Crippen LogP contribution in [0.2, 0.25) is 5.02 Å². The van der Waals surface area contributed by atoms with Gasteiger partial charge in [0.25, 0.3) is 0 Å². The second-order valence-corrected chi connectivity index (χ2v) is 5.73. The first-order chi connectivity index (χ1) is 9.78. The molecule has 0 amide bonds. The maximum absolute atomic E-state index is 5.93. The van der Waals surface area contributed by atoms with Gasteiger partial charge in [0.1, 0.15) is 0 Å². The fourth-order valence-corrected chi connectivity index (χ4v) is 3.15. The third-order valence-electron chi connectivity index (χ3n) is 4.07. The van der Waals surface area contributed by atoms with Crippen LogP contribution in [0.25, 0.3) is 0 Å². The Bertz CT molecular complexity index is 583. The number of nitrogens with two attached hydrogens (primary N) is 1. The van der Waals surface area contributed by atoms with Crippen molar-refractivity contribution in [2.24, 2.45) is 5.84 Å².